The van der Waals surface area contributed by atoms with Crippen molar-refractivity contribution in [1.29, 1.82) is 0 Å². The molecule has 1 aromatic carbocycles. The Morgan fingerprint density at radius 2 is 2.00 bits per heavy atom. The lowest BCUT2D eigenvalue weighted by Gasteiger charge is -2.08. The maximum absolute atomic E-state index is 12.5. The molecular weight excluding hydrogens is 391 g/mol. The monoisotopic (exact) mass is 407 g/mol. The van der Waals surface area contributed by atoms with E-state index in [0.29, 0.717) is 16.6 Å². The first-order chi connectivity index (χ1) is 13.2. The van der Waals surface area contributed by atoms with Crippen molar-refractivity contribution in [3.05, 3.63) is 59.6 Å². The van der Waals surface area contributed by atoms with E-state index in [0.717, 1.165) is 41.0 Å². The average molecular weight is 407 g/mol. The van der Waals surface area contributed by atoms with Crippen LogP contribution in [0.1, 0.15) is 17.0 Å². The third kappa shape index (κ3) is 4.92. The lowest BCUT2D eigenvalue weighted by atomic mass is 10.2. The highest BCUT2D eigenvalue weighted by Gasteiger charge is 2.30. The molecule has 0 bridgehead atoms. The third-order valence-corrected chi connectivity index (χ3v) is 4.78. The number of pyridine rings is 1. The van der Waals surface area contributed by atoms with Crippen LogP contribution in [-0.4, -0.2) is 21.6 Å². The van der Waals surface area contributed by atoms with Crippen LogP contribution in [-0.2, 0) is 11.0 Å². The first kappa shape index (κ1) is 19.9. The molecule has 0 aliphatic carbocycles. The Morgan fingerprint density at radius 1 is 1.21 bits per heavy atom. The molecule has 0 radical (unpaired) electrons. The number of hydrogen-bond acceptors (Lipinski definition) is 5. The molecule has 0 saturated heterocycles. The minimum absolute atomic E-state index is 0.0137. The summed E-state index contributed by atoms with van der Waals surface area (Å²) in [5, 5.41) is 3.08. The Kier molecular flexibility index (Phi) is 5.73. The van der Waals surface area contributed by atoms with E-state index < -0.39 is 11.7 Å². The number of amides is 1. The molecule has 2 heterocycles. The molecule has 3 aromatic rings. The Morgan fingerprint density at radius 3 is 2.61 bits per heavy atom. The van der Waals surface area contributed by atoms with Gasteiger partial charge in [-0.05, 0) is 44.2 Å². The minimum Gasteiger partial charge on any atom is -0.441 e. The summed E-state index contributed by atoms with van der Waals surface area (Å²) < 4.78 is 43.2. The van der Waals surface area contributed by atoms with E-state index in [2.05, 4.69) is 15.3 Å². The standard InChI is InChI=1S/C19H16F3N3O2S/c1-11-12(2)27-18(24-11)13-4-3-5-15(8-13)25-16(26)10-28-17-7-6-14(9-23-17)19(20,21)22/h3-9H,10H2,1-2H3,(H,25,26). The third-order valence-electron chi connectivity index (χ3n) is 3.84. The van der Waals surface area contributed by atoms with Crippen LogP contribution in [0.2, 0.25) is 0 Å². The summed E-state index contributed by atoms with van der Waals surface area (Å²) in [5.41, 5.74) is 1.27. The van der Waals surface area contributed by atoms with Gasteiger partial charge in [0.1, 0.15) is 5.76 Å². The fraction of sp³-hybridized carbons (Fsp3) is 0.211. The summed E-state index contributed by atoms with van der Waals surface area (Å²) in [6, 6.07) is 9.24. The van der Waals surface area contributed by atoms with E-state index in [1.54, 1.807) is 18.2 Å². The average Bonchev–Trinajstić information content (AvgIpc) is 2.99. The summed E-state index contributed by atoms with van der Waals surface area (Å²) in [7, 11) is 0. The second-order valence-electron chi connectivity index (χ2n) is 5.96. The van der Waals surface area contributed by atoms with Crippen molar-refractivity contribution in [2.45, 2.75) is 25.0 Å². The van der Waals surface area contributed by atoms with Gasteiger partial charge >= 0.3 is 6.18 Å². The number of hydrogen-bond donors (Lipinski definition) is 1. The molecule has 146 valence electrons. The summed E-state index contributed by atoms with van der Waals surface area (Å²) in [5.74, 6) is 0.905. The zero-order valence-electron chi connectivity index (χ0n) is 15.0. The maximum atomic E-state index is 12.5. The number of anilines is 1. The molecule has 5 nitrogen and oxygen atoms in total. The van der Waals surface area contributed by atoms with Gasteiger partial charge < -0.3 is 9.73 Å². The van der Waals surface area contributed by atoms with Gasteiger partial charge in [-0.15, -0.1) is 0 Å². The second kappa shape index (κ2) is 8.05. The summed E-state index contributed by atoms with van der Waals surface area (Å²) in [4.78, 5) is 20.2. The number of carbonyl (C=O) groups excluding carboxylic acids is 1. The number of halogens is 3. The Labute approximate surface area is 163 Å². The lowest BCUT2D eigenvalue weighted by molar-refractivity contribution is -0.137. The predicted octanol–water partition coefficient (Wildman–Crippen LogP) is 5.10. The second-order valence-corrected chi connectivity index (χ2v) is 6.96. The molecule has 9 heteroatoms. The number of rotatable bonds is 5. The number of nitrogens with one attached hydrogen (secondary N) is 1. The highest BCUT2D eigenvalue weighted by molar-refractivity contribution is 7.99. The molecule has 0 spiro atoms. The van der Waals surface area contributed by atoms with Crippen LogP contribution in [0, 0.1) is 13.8 Å². The van der Waals surface area contributed by atoms with Crippen molar-refractivity contribution in [2.24, 2.45) is 0 Å². The quantitative estimate of drug-likeness (QED) is 0.596. The van der Waals surface area contributed by atoms with Crippen LogP contribution in [0.15, 0.2) is 52.0 Å². The van der Waals surface area contributed by atoms with E-state index in [1.807, 2.05) is 19.9 Å². The molecule has 0 unspecified atom stereocenters. The number of benzene rings is 1. The van der Waals surface area contributed by atoms with Gasteiger partial charge in [0.15, 0.2) is 0 Å². The number of alkyl halides is 3. The van der Waals surface area contributed by atoms with Crippen LogP contribution < -0.4 is 5.32 Å². The van der Waals surface area contributed by atoms with Crippen molar-refractivity contribution >= 4 is 23.4 Å². The Hall–Kier alpha value is -2.81. The van der Waals surface area contributed by atoms with Crippen molar-refractivity contribution in [1.82, 2.24) is 9.97 Å². The van der Waals surface area contributed by atoms with Crippen molar-refractivity contribution in [3.8, 4) is 11.5 Å². The van der Waals surface area contributed by atoms with E-state index >= 15 is 0 Å². The zero-order chi connectivity index (χ0) is 20.3. The molecule has 1 N–H and O–H groups in total. The smallest absolute Gasteiger partial charge is 0.417 e. The molecule has 3 rings (SSSR count). The minimum atomic E-state index is -4.43. The van der Waals surface area contributed by atoms with Gasteiger partial charge in [0.2, 0.25) is 11.8 Å². The molecule has 1 amide bonds. The largest absolute Gasteiger partial charge is 0.441 e. The van der Waals surface area contributed by atoms with Crippen molar-refractivity contribution in [2.75, 3.05) is 11.1 Å². The molecule has 0 aliphatic heterocycles. The van der Waals surface area contributed by atoms with Gasteiger partial charge in [0.25, 0.3) is 0 Å². The number of aryl methyl sites for hydroxylation is 2. The Balaban J connectivity index is 1.60. The van der Waals surface area contributed by atoms with Crippen molar-refractivity contribution in [3.63, 3.8) is 0 Å². The number of carbonyl (C=O) groups is 1. The number of thioether (sulfide) groups is 1. The highest BCUT2D eigenvalue weighted by atomic mass is 32.2. The van der Waals surface area contributed by atoms with Gasteiger partial charge in [-0.1, -0.05) is 17.8 Å². The van der Waals surface area contributed by atoms with Gasteiger partial charge in [-0.25, -0.2) is 9.97 Å². The number of aromatic nitrogens is 2. The summed E-state index contributed by atoms with van der Waals surface area (Å²) in [6.45, 7) is 3.67. The summed E-state index contributed by atoms with van der Waals surface area (Å²) in [6.07, 6.45) is -3.68. The predicted molar refractivity (Wildman–Crippen MR) is 100 cm³/mol. The molecule has 0 saturated carbocycles. The molecule has 2 aromatic heterocycles. The van der Waals surface area contributed by atoms with E-state index in [1.165, 1.54) is 6.07 Å². The normalized spacial score (nSPS) is 11.5. The van der Waals surface area contributed by atoms with Gasteiger partial charge in [0.05, 0.1) is 22.0 Å². The lowest BCUT2D eigenvalue weighted by Crippen LogP contribution is -2.14. The van der Waals surface area contributed by atoms with Gasteiger partial charge in [-0.3, -0.25) is 4.79 Å². The zero-order valence-corrected chi connectivity index (χ0v) is 15.8. The fourth-order valence-corrected chi connectivity index (χ4v) is 2.94. The van der Waals surface area contributed by atoms with Gasteiger partial charge in [-0.2, -0.15) is 13.2 Å². The number of nitrogens with zero attached hydrogens (tertiary/aromatic N) is 2. The van der Waals surface area contributed by atoms with E-state index in [4.69, 9.17) is 4.42 Å². The highest BCUT2D eigenvalue weighted by Crippen LogP contribution is 2.29. The van der Waals surface area contributed by atoms with Crippen LogP contribution in [0.3, 0.4) is 0 Å². The van der Waals surface area contributed by atoms with Crippen LogP contribution in [0.4, 0.5) is 18.9 Å². The Bertz CT molecular complexity index is 965. The van der Waals surface area contributed by atoms with Gasteiger partial charge in [0, 0.05) is 17.4 Å². The molecule has 0 atom stereocenters. The number of oxazole rings is 1. The maximum Gasteiger partial charge on any atom is 0.417 e. The topological polar surface area (TPSA) is 68.0 Å². The van der Waals surface area contributed by atoms with Crippen molar-refractivity contribution < 1.29 is 22.4 Å². The SMILES string of the molecule is Cc1nc(-c2cccc(NC(=O)CSc3ccc(C(F)(F)F)cn3)c2)oc1C. The molecular formula is C19H16F3N3O2S. The molecule has 0 fully saturated rings. The molecule has 0 aliphatic rings. The van der Waals surface area contributed by atoms with E-state index in [9.17, 15) is 18.0 Å². The van der Waals surface area contributed by atoms with Crippen LogP contribution >= 0.6 is 11.8 Å². The molecule has 28 heavy (non-hydrogen) atoms. The fourth-order valence-electron chi connectivity index (χ4n) is 2.30. The first-order valence-electron chi connectivity index (χ1n) is 8.23. The summed E-state index contributed by atoms with van der Waals surface area (Å²) >= 11 is 1.05. The van der Waals surface area contributed by atoms with Crippen LogP contribution in [0.5, 0.6) is 0 Å². The van der Waals surface area contributed by atoms with Crippen LogP contribution in [0.25, 0.3) is 11.5 Å². The first-order valence-corrected chi connectivity index (χ1v) is 9.21. The van der Waals surface area contributed by atoms with E-state index in [-0.39, 0.29) is 11.7 Å².